The number of aromatic nitrogens is 1. The van der Waals surface area contributed by atoms with Crippen LogP contribution in [0.25, 0.3) is 11.0 Å². The number of β-amino-alcohol motifs (C(OH)–C–C–N with tert-alkyl or cyclic N) is 1. The van der Waals surface area contributed by atoms with Gasteiger partial charge in [-0.15, -0.1) is 0 Å². The minimum Gasteiger partial charge on any atom is -0.423 e. The SMILES string of the molecule is CCc1ccc2oc(=O)cc(CN3C[C@@H](Cc4ccccn4)[C@H](O)C3)c2c1. The van der Waals surface area contributed by atoms with Gasteiger partial charge in [0.2, 0.25) is 0 Å². The van der Waals surface area contributed by atoms with E-state index in [2.05, 4.69) is 22.9 Å². The molecule has 27 heavy (non-hydrogen) atoms. The number of nitrogens with zero attached hydrogens (tertiary/aromatic N) is 2. The van der Waals surface area contributed by atoms with Crippen LogP contribution >= 0.6 is 0 Å². The van der Waals surface area contributed by atoms with Crippen molar-refractivity contribution in [2.24, 2.45) is 5.92 Å². The van der Waals surface area contributed by atoms with E-state index in [0.717, 1.165) is 36.0 Å². The molecule has 1 aliphatic heterocycles. The van der Waals surface area contributed by atoms with Crippen LogP contribution in [-0.2, 0) is 19.4 Å². The van der Waals surface area contributed by atoms with Gasteiger partial charge in [-0.1, -0.05) is 19.1 Å². The summed E-state index contributed by atoms with van der Waals surface area (Å²) in [7, 11) is 0. The summed E-state index contributed by atoms with van der Waals surface area (Å²) in [6, 6.07) is 13.4. The molecule has 0 saturated carbocycles. The summed E-state index contributed by atoms with van der Waals surface area (Å²) in [5, 5.41) is 11.5. The Kier molecular flexibility index (Phi) is 5.05. The standard InChI is InChI=1S/C22H24N2O3/c1-2-15-6-7-21-19(9-15)16(11-22(26)27-21)12-24-13-17(20(25)14-24)10-18-5-3-4-8-23-18/h3-9,11,17,20,25H,2,10,12-14H2,1H3/t17-,20-/m1/s1. The molecule has 0 unspecified atom stereocenters. The van der Waals surface area contributed by atoms with E-state index in [-0.39, 0.29) is 17.6 Å². The third-order valence-electron chi connectivity index (χ3n) is 5.37. The van der Waals surface area contributed by atoms with Crippen molar-refractivity contribution in [3.8, 4) is 0 Å². The topological polar surface area (TPSA) is 66.6 Å². The Morgan fingerprint density at radius 3 is 2.89 bits per heavy atom. The number of likely N-dealkylation sites (tertiary alicyclic amines) is 1. The van der Waals surface area contributed by atoms with Crippen LogP contribution in [0.5, 0.6) is 0 Å². The van der Waals surface area contributed by atoms with Crippen molar-refractivity contribution in [1.82, 2.24) is 9.88 Å². The molecule has 0 aliphatic carbocycles. The molecule has 1 aromatic carbocycles. The fourth-order valence-corrected chi connectivity index (χ4v) is 3.93. The highest BCUT2D eigenvalue weighted by atomic mass is 16.4. The van der Waals surface area contributed by atoms with Crippen molar-refractivity contribution in [2.75, 3.05) is 13.1 Å². The van der Waals surface area contributed by atoms with Crippen molar-refractivity contribution >= 4 is 11.0 Å². The maximum atomic E-state index is 12.0. The molecule has 5 nitrogen and oxygen atoms in total. The number of aliphatic hydroxyl groups is 1. The number of aryl methyl sites for hydroxylation is 1. The molecule has 0 bridgehead atoms. The summed E-state index contributed by atoms with van der Waals surface area (Å²) >= 11 is 0. The molecule has 0 amide bonds. The van der Waals surface area contributed by atoms with E-state index in [1.165, 1.54) is 5.56 Å². The van der Waals surface area contributed by atoms with Gasteiger partial charge < -0.3 is 9.52 Å². The zero-order valence-electron chi connectivity index (χ0n) is 15.5. The molecule has 0 radical (unpaired) electrons. The van der Waals surface area contributed by atoms with E-state index in [9.17, 15) is 9.90 Å². The van der Waals surface area contributed by atoms with Crippen LogP contribution in [0, 0.1) is 5.92 Å². The predicted octanol–water partition coefficient (Wildman–Crippen LogP) is 2.79. The fourth-order valence-electron chi connectivity index (χ4n) is 3.93. The average molecular weight is 364 g/mol. The minimum atomic E-state index is -0.385. The van der Waals surface area contributed by atoms with Crippen LogP contribution in [0.3, 0.4) is 0 Å². The van der Waals surface area contributed by atoms with Gasteiger partial charge in [-0.3, -0.25) is 9.88 Å². The summed E-state index contributed by atoms with van der Waals surface area (Å²) in [5.41, 5.74) is 3.47. The number of hydrogen-bond acceptors (Lipinski definition) is 5. The quantitative estimate of drug-likeness (QED) is 0.705. The van der Waals surface area contributed by atoms with Gasteiger partial charge in [-0.05, 0) is 48.2 Å². The summed E-state index contributed by atoms with van der Waals surface area (Å²) < 4.78 is 5.36. The Hall–Kier alpha value is -2.50. The molecule has 1 aliphatic rings. The zero-order chi connectivity index (χ0) is 18.8. The lowest BCUT2D eigenvalue weighted by atomic mass is 10.00. The molecule has 0 spiro atoms. The van der Waals surface area contributed by atoms with E-state index >= 15 is 0 Å². The first-order valence-electron chi connectivity index (χ1n) is 9.48. The number of fused-ring (bicyclic) bond motifs is 1. The Morgan fingerprint density at radius 2 is 2.11 bits per heavy atom. The monoisotopic (exact) mass is 364 g/mol. The van der Waals surface area contributed by atoms with Gasteiger partial charge in [0.05, 0.1) is 6.10 Å². The maximum Gasteiger partial charge on any atom is 0.336 e. The molecular weight excluding hydrogens is 340 g/mol. The minimum absolute atomic E-state index is 0.150. The van der Waals surface area contributed by atoms with E-state index in [1.54, 1.807) is 12.3 Å². The lowest BCUT2D eigenvalue weighted by molar-refractivity contribution is 0.140. The molecule has 5 heteroatoms. The van der Waals surface area contributed by atoms with Crippen LogP contribution in [0.4, 0.5) is 0 Å². The van der Waals surface area contributed by atoms with E-state index in [4.69, 9.17) is 4.42 Å². The Balaban J connectivity index is 1.55. The number of hydrogen-bond donors (Lipinski definition) is 1. The number of benzene rings is 1. The van der Waals surface area contributed by atoms with Crippen LogP contribution < -0.4 is 5.63 Å². The van der Waals surface area contributed by atoms with Crippen molar-refractivity contribution in [3.63, 3.8) is 0 Å². The second-order valence-corrected chi connectivity index (χ2v) is 7.32. The van der Waals surface area contributed by atoms with Crippen molar-refractivity contribution in [1.29, 1.82) is 0 Å². The summed E-state index contributed by atoms with van der Waals surface area (Å²) in [6.45, 7) is 4.13. The predicted molar refractivity (Wildman–Crippen MR) is 105 cm³/mol. The zero-order valence-corrected chi connectivity index (χ0v) is 15.5. The highest BCUT2D eigenvalue weighted by Gasteiger charge is 2.31. The highest BCUT2D eigenvalue weighted by molar-refractivity contribution is 5.80. The lowest BCUT2D eigenvalue weighted by Gasteiger charge is -2.17. The van der Waals surface area contributed by atoms with Crippen molar-refractivity contribution in [3.05, 3.63) is 75.9 Å². The first-order chi connectivity index (χ1) is 13.1. The molecule has 3 aromatic rings. The highest BCUT2D eigenvalue weighted by Crippen LogP contribution is 2.25. The van der Waals surface area contributed by atoms with Gasteiger partial charge in [0, 0.05) is 48.9 Å². The first kappa shape index (κ1) is 17.9. The summed E-state index contributed by atoms with van der Waals surface area (Å²) in [4.78, 5) is 18.5. The van der Waals surface area contributed by atoms with Crippen LogP contribution in [-0.4, -0.2) is 34.2 Å². The molecule has 1 fully saturated rings. The van der Waals surface area contributed by atoms with Gasteiger partial charge in [-0.25, -0.2) is 4.79 Å². The van der Waals surface area contributed by atoms with Gasteiger partial charge in [0.25, 0.3) is 0 Å². The van der Waals surface area contributed by atoms with E-state index in [0.29, 0.717) is 18.7 Å². The van der Waals surface area contributed by atoms with Crippen LogP contribution in [0.1, 0.15) is 23.7 Å². The van der Waals surface area contributed by atoms with Gasteiger partial charge in [0.1, 0.15) is 5.58 Å². The van der Waals surface area contributed by atoms with Gasteiger partial charge >= 0.3 is 5.63 Å². The number of pyridine rings is 1. The van der Waals surface area contributed by atoms with Crippen LogP contribution in [0.2, 0.25) is 0 Å². The smallest absolute Gasteiger partial charge is 0.336 e. The molecule has 1 saturated heterocycles. The van der Waals surface area contributed by atoms with Gasteiger partial charge in [0.15, 0.2) is 0 Å². The Bertz CT molecular complexity index is 984. The van der Waals surface area contributed by atoms with E-state index in [1.807, 2.05) is 30.3 Å². The molecule has 140 valence electrons. The largest absolute Gasteiger partial charge is 0.423 e. The summed E-state index contributed by atoms with van der Waals surface area (Å²) in [5.74, 6) is 0.150. The maximum absolute atomic E-state index is 12.0. The Labute approximate surface area is 158 Å². The lowest BCUT2D eigenvalue weighted by Crippen LogP contribution is -2.22. The average Bonchev–Trinajstić information content (AvgIpc) is 3.01. The summed E-state index contributed by atoms with van der Waals surface area (Å²) in [6.07, 6.45) is 3.10. The normalized spacial score (nSPS) is 20.4. The third-order valence-corrected chi connectivity index (χ3v) is 5.37. The number of aliphatic hydroxyl groups excluding tert-OH is 1. The van der Waals surface area contributed by atoms with E-state index < -0.39 is 0 Å². The third kappa shape index (κ3) is 3.94. The van der Waals surface area contributed by atoms with Crippen molar-refractivity contribution < 1.29 is 9.52 Å². The van der Waals surface area contributed by atoms with Gasteiger partial charge in [-0.2, -0.15) is 0 Å². The van der Waals surface area contributed by atoms with Crippen molar-refractivity contribution in [2.45, 2.75) is 32.4 Å². The molecule has 4 rings (SSSR count). The second-order valence-electron chi connectivity index (χ2n) is 7.32. The molecule has 2 atom stereocenters. The Morgan fingerprint density at radius 1 is 1.22 bits per heavy atom. The molecule has 3 heterocycles. The fraction of sp³-hybridized carbons (Fsp3) is 0.364. The molecule has 1 N–H and O–H groups in total. The number of rotatable bonds is 5. The van der Waals surface area contributed by atoms with Crippen LogP contribution in [0.15, 0.2) is 57.9 Å². The molecular formula is C22H24N2O3. The second kappa shape index (κ2) is 7.62. The first-order valence-corrected chi connectivity index (χ1v) is 9.48. The molecule has 2 aromatic heterocycles.